The number of carbonyl (C=O) groups is 3. The Labute approximate surface area is 119 Å². The molecule has 21 heavy (non-hydrogen) atoms. The summed E-state index contributed by atoms with van der Waals surface area (Å²) in [5, 5.41) is 0. The van der Waals surface area contributed by atoms with Gasteiger partial charge < -0.3 is 18.6 Å². The second kappa shape index (κ2) is 4.76. The van der Waals surface area contributed by atoms with Gasteiger partial charge in [-0.05, 0) is 0 Å². The minimum absolute atomic E-state index is 0.0634. The fourth-order valence-electron chi connectivity index (χ4n) is 1.94. The van der Waals surface area contributed by atoms with Gasteiger partial charge in [0, 0.05) is 6.07 Å². The van der Waals surface area contributed by atoms with Crippen LogP contribution in [0.1, 0.15) is 30.6 Å². The Hall–Kier alpha value is -2.57. The van der Waals surface area contributed by atoms with Crippen molar-refractivity contribution in [1.82, 2.24) is 0 Å². The summed E-state index contributed by atoms with van der Waals surface area (Å²) >= 11 is 0. The Balaban J connectivity index is 1.59. The fourth-order valence-corrected chi connectivity index (χ4v) is 1.94. The van der Waals surface area contributed by atoms with Crippen LogP contribution in [0.25, 0.3) is 11.2 Å². The molecule has 0 saturated carbocycles. The molecule has 0 spiro atoms. The van der Waals surface area contributed by atoms with Crippen LogP contribution in [-0.4, -0.2) is 24.5 Å². The zero-order valence-electron chi connectivity index (χ0n) is 11.4. The van der Waals surface area contributed by atoms with E-state index in [1.54, 1.807) is 13.8 Å². The monoisotopic (exact) mass is 292 g/mol. The number of benzene rings is 1. The number of fused-ring (bicyclic) bond motifs is 1. The van der Waals surface area contributed by atoms with Gasteiger partial charge in [0.25, 0.3) is 0 Å². The normalized spacial score (nSPS) is 13.0. The minimum atomic E-state index is -0.601. The number of carbonyl (C=O) groups excluding carboxylic acids is 3. The first-order valence-corrected chi connectivity index (χ1v) is 6.45. The SMILES string of the molecule is CC(C)C(=O)OCCC(=O)Oc1c2c3oc1cc3C(=O)O2. The highest BCUT2D eigenvalue weighted by atomic mass is 16.6. The molecule has 0 fully saturated rings. The molecule has 7 heteroatoms. The highest BCUT2D eigenvalue weighted by molar-refractivity contribution is 6.10. The Morgan fingerprint density at radius 2 is 2.10 bits per heavy atom. The smallest absolute Gasteiger partial charge is 0.347 e. The molecule has 3 rings (SSSR count). The van der Waals surface area contributed by atoms with Crippen LogP contribution in [0.4, 0.5) is 0 Å². The minimum Gasteiger partial charge on any atom is -0.465 e. The first-order chi connectivity index (χ1) is 9.97. The molecule has 0 amide bonds. The number of hydrogen-bond acceptors (Lipinski definition) is 7. The van der Waals surface area contributed by atoms with Gasteiger partial charge in [-0.15, -0.1) is 0 Å². The lowest BCUT2D eigenvalue weighted by Gasteiger charge is -2.07. The van der Waals surface area contributed by atoms with Crippen LogP contribution >= 0.6 is 0 Å². The molecule has 0 saturated heterocycles. The van der Waals surface area contributed by atoms with E-state index in [0.29, 0.717) is 11.1 Å². The van der Waals surface area contributed by atoms with Crippen molar-refractivity contribution in [3.63, 3.8) is 0 Å². The lowest BCUT2D eigenvalue weighted by molar-refractivity contribution is -0.149. The Kier molecular flexibility index (Phi) is 3.04. The van der Waals surface area contributed by atoms with E-state index in [0.717, 1.165) is 0 Å². The molecule has 0 radical (unpaired) electrons. The van der Waals surface area contributed by atoms with Crippen molar-refractivity contribution in [2.24, 2.45) is 5.92 Å². The van der Waals surface area contributed by atoms with Crippen LogP contribution in [0.5, 0.6) is 11.5 Å². The molecular formula is C14H12O7. The maximum Gasteiger partial charge on any atom is 0.347 e. The van der Waals surface area contributed by atoms with Crippen molar-refractivity contribution in [2.75, 3.05) is 6.61 Å². The van der Waals surface area contributed by atoms with Crippen molar-refractivity contribution >= 4 is 29.1 Å². The molecular weight excluding hydrogens is 280 g/mol. The predicted octanol–water partition coefficient (Wildman–Crippen LogP) is 1.90. The predicted molar refractivity (Wildman–Crippen MR) is 68.4 cm³/mol. The highest BCUT2D eigenvalue weighted by Gasteiger charge is 2.36. The summed E-state index contributed by atoms with van der Waals surface area (Å²) in [6, 6.07) is 1.47. The number of esters is 3. The molecule has 1 aliphatic heterocycles. The van der Waals surface area contributed by atoms with E-state index in [1.807, 2.05) is 0 Å². The lowest BCUT2D eigenvalue weighted by atomic mass is 10.2. The van der Waals surface area contributed by atoms with E-state index in [-0.39, 0.29) is 42.0 Å². The van der Waals surface area contributed by atoms with Gasteiger partial charge >= 0.3 is 17.9 Å². The highest BCUT2D eigenvalue weighted by Crippen LogP contribution is 2.49. The summed E-state index contributed by atoms with van der Waals surface area (Å²) in [5.74, 6) is -1.52. The van der Waals surface area contributed by atoms with E-state index < -0.39 is 11.9 Å². The molecule has 110 valence electrons. The number of ether oxygens (including phenoxy) is 3. The quantitative estimate of drug-likeness (QED) is 0.613. The Morgan fingerprint density at radius 1 is 1.33 bits per heavy atom. The van der Waals surface area contributed by atoms with Crippen molar-refractivity contribution in [1.29, 1.82) is 0 Å². The first kappa shape index (κ1) is 13.4. The molecule has 0 N–H and O–H groups in total. The molecule has 2 aromatic heterocycles. The second-order valence-electron chi connectivity index (χ2n) is 4.95. The van der Waals surface area contributed by atoms with Crippen LogP contribution in [-0.2, 0) is 14.3 Å². The lowest BCUT2D eigenvalue weighted by Crippen LogP contribution is -2.16. The van der Waals surface area contributed by atoms with Crippen LogP contribution in [0.3, 0.4) is 0 Å². The van der Waals surface area contributed by atoms with Crippen LogP contribution < -0.4 is 9.47 Å². The van der Waals surface area contributed by atoms with Crippen LogP contribution in [0.15, 0.2) is 10.5 Å². The maximum absolute atomic E-state index is 11.7. The van der Waals surface area contributed by atoms with Gasteiger partial charge in [-0.25, -0.2) is 4.79 Å². The molecule has 2 bridgehead atoms. The van der Waals surface area contributed by atoms with Gasteiger partial charge in [-0.1, -0.05) is 13.8 Å². The third-order valence-corrected chi connectivity index (χ3v) is 3.02. The Bertz CT molecular complexity index is 725. The van der Waals surface area contributed by atoms with Crippen molar-refractivity contribution < 1.29 is 33.0 Å². The zero-order valence-corrected chi connectivity index (χ0v) is 11.4. The van der Waals surface area contributed by atoms with Crippen molar-refractivity contribution in [3.8, 4) is 11.5 Å². The van der Waals surface area contributed by atoms with Crippen LogP contribution in [0, 0.1) is 5.92 Å². The van der Waals surface area contributed by atoms with E-state index in [4.69, 9.17) is 18.6 Å². The number of hydrogen-bond donors (Lipinski definition) is 0. The third-order valence-electron chi connectivity index (χ3n) is 3.02. The van der Waals surface area contributed by atoms with Crippen LogP contribution in [0.2, 0.25) is 0 Å². The summed E-state index contributed by atoms with van der Waals surface area (Å²) in [6.45, 7) is 3.34. The zero-order chi connectivity index (χ0) is 15.1. The molecule has 1 aliphatic rings. The van der Waals surface area contributed by atoms with Gasteiger partial charge in [0.2, 0.25) is 11.5 Å². The summed E-state index contributed by atoms with van der Waals surface area (Å²) in [5.41, 5.74) is 0.920. The molecule has 0 unspecified atom stereocenters. The summed E-state index contributed by atoms with van der Waals surface area (Å²) in [6.07, 6.45) is -0.0949. The molecule has 2 aromatic rings. The van der Waals surface area contributed by atoms with E-state index in [9.17, 15) is 14.4 Å². The number of rotatable bonds is 5. The molecule has 7 nitrogen and oxygen atoms in total. The van der Waals surface area contributed by atoms with E-state index >= 15 is 0 Å². The maximum atomic E-state index is 11.7. The fraction of sp³-hybridized carbons (Fsp3) is 0.357. The Morgan fingerprint density at radius 3 is 2.81 bits per heavy atom. The second-order valence-corrected chi connectivity index (χ2v) is 4.95. The first-order valence-electron chi connectivity index (χ1n) is 6.45. The van der Waals surface area contributed by atoms with E-state index in [1.165, 1.54) is 6.07 Å². The average molecular weight is 292 g/mol. The number of furan rings is 2. The largest absolute Gasteiger partial charge is 0.465 e. The molecule has 3 heterocycles. The van der Waals surface area contributed by atoms with Crippen molar-refractivity contribution in [2.45, 2.75) is 20.3 Å². The topological polar surface area (TPSA) is 92.0 Å². The van der Waals surface area contributed by atoms with Gasteiger partial charge in [0.15, 0.2) is 11.2 Å². The third kappa shape index (κ3) is 2.20. The van der Waals surface area contributed by atoms with Gasteiger partial charge in [-0.2, -0.15) is 0 Å². The van der Waals surface area contributed by atoms with Gasteiger partial charge in [0.05, 0.1) is 12.3 Å². The average Bonchev–Trinajstić information content (AvgIpc) is 3.03. The standard InChI is InChI=1S/C14H12O7/c1-6(2)13(16)18-4-3-9(15)20-11-8-5-7-10(19-8)12(11)21-14(7)17/h5-6H,3-4H2,1-2H3. The van der Waals surface area contributed by atoms with Gasteiger partial charge in [0.1, 0.15) is 12.2 Å². The van der Waals surface area contributed by atoms with E-state index in [2.05, 4.69) is 0 Å². The molecule has 0 atom stereocenters. The summed E-state index contributed by atoms with van der Waals surface area (Å²) in [7, 11) is 0. The molecule has 0 aromatic carbocycles. The van der Waals surface area contributed by atoms with Crippen molar-refractivity contribution in [3.05, 3.63) is 11.6 Å². The van der Waals surface area contributed by atoms with Gasteiger partial charge in [-0.3, -0.25) is 9.59 Å². The summed E-state index contributed by atoms with van der Waals surface area (Å²) < 4.78 is 20.2. The molecule has 0 aliphatic carbocycles. The summed E-state index contributed by atoms with van der Waals surface area (Å²) in [4.78, 5) is 34.3.